The SMILES string of the molecule is O=[N+]([O-])c1cc(CN2CCCN(Cc3cc([N+](=O)[O-])c(O)c([N+](=O)[O-])c3)C2)cc([N+](=O)[O-])c1O. The molecule has 0 aromatic heterocycles. The maximum atomic E-state index is 11.2. The van der Waals surface area contributed by atoms with E-state index >= 15 is 0 Å². The molecule has 1 fully saturated rings. The van der Waals surface area contributed by atoms with Crippen LogP contribution in [0.25, 0.3) is 0 Å². The molecule has 0 saturated carbocycles. The van der Waals surface area contributed by atoms with Gasteiger partial charge in [-0.05, 0) is 17.5 Å². The number of nitrogens with zero attached hydrogens (tertiary/aromatic N) is 6. The molecule has 0 atom stereocenters. The largest absolute Gasteiger partial charge is 0.497 e. The lowest BCUT2D eigenvalue weighted by molar-refractivity contribution is -0.396. The second-order valence-electron chi connectivity index (χ2n) is 7.59. The van der Waals surface area contributed by atoms with Crippen molar-refractivity contribution in [3.05, 3.63) is 75.8 Å². The van der Waals surface area contributed by atoms with Gasteiger partial charge in [-0.3, -0.25) is 50.3 Å². The molecule has 16 heteroatoms. The van der Waals surface area contributed by atoms with Crippen LogP contribution < -0.4 is 0 Å². The molecule has 1 aliphatic rings. The number of aromatic hydroxyl groups is 2. The summed E-state index contributed by atoms with van der Waals surface area (Å²) in [6, 6.07) is 4.20. The average Bonchev–Trinajstić information content (AvgIpc) is 2.75. The Labute approximate surface area is 189 Å². The summed E-state index contributed by atoms with van der Waals surface area (Å²) in [5.41, 5.74) is -2.70. The van der Waals surface area contributed by atoms with Gasteiger partial charge < -0.3 is 10.2 Å². The van der Waals surface area contributed by atoms with Gasteiger partial charge in [-0.25, -0.2) is 0 Å². The smallest absolute Gasteiger partial charge is 0.318 e. The van der Waals surface area contributed by atoms with Crippen LogP contribution in [0.4, 0.5) is 22.7 Å². The highest BCUT2D eigenvalue weighted by molar-refractivity contribution is 5.61. The first-order valence-corrected chi connectivity index (χ1v) is 9.72. The summed E-state index contributed by atoms with van der Waals surface area (Å²) in [5.74, 6) is -2.07. The molecule has 0 bridgehead atoms. The molecular weight excluding hydrogens is 460 g/mol. The van der Waals surface area contributed by atoms with Gasteiger partial charge in [0.15, 0.2) is 0 Å². The van der Waals surface area contributed by atoms with Crippen molar-refractivity contribution < 1.29 is 29.9 Å². The summed E-state index contributed by atoms with van der Waals surface area (Å²) in [4.78, 5) is 44.6. The second-order valence-corrected chi connectivity index (χ2v) is 7.59. The summed E-state index contributed by atoms with van der Waals surface area (Å²) in [5, 5.41) is 64.2. The number of benzene rings is 2. The molecule has 0 unspecified atom stereocenters. The monoisotopic (exact) mass is 478 g/mol. The first kappa shape index (κ1) is 24.2. The van der Waals surface area contributed by atoms with Crippen molar-refractivity contribution in [1.82, 2.24) is 9.80 Å². The third kappa shape index (κ3) is 5.13. The minimum absolute atomic E-state index is 0.0777. The Morgan fingerprint density at radius 3 is 1.21 bits per heavy atom. The Bertz CT molecular complexity index is 1030. The Morgan fingerprint density at radius 1 is 0.647 bits per heavy atom. The van der Waals surface area contributed by atoms with Crippen LogP contribution in [0.2, 0.25) is 0 Å². The van der Waals surface area contributed by atoms with E-state index in [1.165, 1.54) is 0 Å². The Balaban J connectivity index is 1.81. The number of phenolic OH excluding ortho intramolecular Hbond substituents is 2. The molecule has 180 valence electrons. The molecule has 0 spiro atoms. The van der Waals surface area contributed by atoms with Gasteiger partial charge in [0.05, 0.1) is 26.4 Å². The molecule has 2 aromatic rings. The number of hydrogen-bond acceptors (Lipinski definition) is 12. The van der Waals surface area contributed by atoms with E-state index in [9.17, 15) is 50.7 Å². The summed E-state index contributed by atoms with van der Waals surface area (Å²) in [6.07, 6.45) is 0.616. The molecule has 0 amide bonds. The quantitative estimate of drug-likeness (QED) is 0.412. The van der Waals surface area contributed by atoms with E-state index in [1.807, 2.05) is 9.80 Å². The minimum Gasteiger partial charge on any atom is -0.497 e. The zero-order valence-corrected chi connectivity index (χ0v) is 17.4. The van der Waals surface area contributed by atoms with Gasteiger partial charge in [-0.2, -0.15) is 0 Å². The first-order chi connectivity index (χ1) is 16.0. The zero-order chi connectivity index (χ0) is 25.2. The van der Waals surface area contributed by atoms with E-state index in [1.54, 1.807) is 0 Å². The predicted octanol–water partition coefficient (Wildman–Crippen LogP) is 2.40. The lowest BCUT2D eigenvalue weighted by atomic mass is 10.1. The lowest BCUT2D eigenvalue weighted by Gasteiger charge is -2.35. The van der Waals surface area contributed by atoms with Gasteiger partial charge in [-0.15, -0.1) is 0 Å². The number of nitro benzene ring substituents is 4. The van der Waals surface area contributed by atoms with E-state index < -0.39 is 53.9 Å². The van der Waals surface area contributed by atoms with Gasteiger partial charge in [-0.1, -0.05) is 0 Å². The summed E-state index contributed by atoms with van der Waals surface area (Å²) in [6.45, 7) is 1.48. The third-order valence-electron chi connectivity index (χ3n) is 5.21. The average molecular weight is 478 g/mol. The van der Waals surface area contributed by atoms with E-state index in [2.05, 4.69) is 0 Å². The Morgan fingerprint density at radius 2 is 0.941 bits per heavy atom. The maximum absolute atomic E-state index is 11.2. The highest BCUT2D eigenvalue weighted by Gasteiger charge is 2.29. The van der Waals surface area contributed by atoms with Crippen LogP contribution in [0, 0.1) is 40.5 Å². The molecule has 0 radical (unpaired) electrons. The van der Waals surface area contributed by atoms with Crippen molar-refractivity contribution in [2.45, 2.75) is 19.5 Å². The van der Waals surface area contributed by atoms with Crippen LogP contribution in [0.1, 0.15) is 17.5 Å². The van der Waals surface area contributed by atoms with Crippen LogP contribution >= 0.6 is 0 Å². The highest BCUT2D eigenvalue weighted by atomic mass is 16.6. The van der Waals surface area contributed by atoms with Crippen molar-refractivity contribution >= 4 is 22.7 Å². The zero-order valence-electron chi connectivity index (χ0n) is 17.4. The van der Waals surface area contributed by atoms with Gasteiger partial charge >= 0.3 is 22.7 Å². The minimum atomic E-state index is -1.03. The molecule has 2 N–H and O–H groups in total. The van der Waals surface area contributed by atoms with Gasteiger partial charge in [0, 0.05) is 50.4 Å². The summed E-state index contributed by atoms with van der Waals surface area (Å²) in [7, 11) is 0. The van der Waals surface area contributed by atoms with Crippen molar-refractivity contribution in [1.29, 1.82) is 0 Å². The number of rotatable bonds is 8. The highest BCUT2D eigenvalue weighted by Crippen LogP contribution is 2.38. The molecule has 16 nitrogen and oxygen atoms in total. The van der Waals surface area contributed by atoms with Crippen molar-refractivity contribution in [2.75, 3.05) is 19.8 Å². The third-order valence-corrected chi connectivity index (χ3v) is 5.21. The maximum Gasteiger partial charge on any atom is 0.318 e. The number of phenols is 2. The first-order valence-electron chi connectivity index (χ1n) is 9.72. The second kappa shape index (κ2) is 9.59. The molecular formula is C18H18N6O10. The topological polar surface area (TPSA) is 220 Å². The normalized spacial score (nSPS) is 14.6. The number of hydrogen-bond donors (Lipinski definition) is 2. The molecule has 34 heavy (non-hydrogen) atoms. The molecule has 1 saturated heterocycles. The van der Waals surface area contributed by atoms with E-state index in [0.717, 1.165) is 24.3 Å². The van der Waals surface area contributed by atoms with Crippen molar-refractivity contribution in [2.24, 2.45) is 0 Å². The fourth-order valence-electron chi connectivity index (χ4n) is 3.78. The van der Waals surface area contributed by atoms with Crippen LogP contribution in [-0.4, -0.2) is 59.5 Å². The van der Waals surface area contributed by atoms with Crippen molar-refractivity contribution in [3.8, 4) is 11.5 Å². The lowest BCUT2D eigenvalue weighted by Crippen LogP contribution is -2.43. The molecule has 1 heterocycles. The molecule has 3 rings (SSSR count). The van der Waals surface area contributed by atoms with Crippen LogP contribution in [0.15, 0.2) is 24.3 Å². The van der Waals surface area contributed by atoms with Crippen LogP contribution in [-0.2, 0) is 13.1 Å². The number of nitro groups is 4. The molecule has 0 aliphatic carbocycles. The molecule has 1 aliphatic heterocycles. The fraction of sp³-hybridized carbons (Fsp3) is 0.333. The predicted molar refractivity (Wildman–Crippen MR) is 113 cm³/mol. The van der Waals surface area contributed by atoms with E-state index in [-0.39, 0.29) is 30.9 Å². The van der Waals surface area contributed by atoms with E-state index in [0.29, 0.717) is 19.5 Å². The summed E-state index contributed by atoms with van der Waals surface area (Å²) >= 11 is 0. The van der Waals surface area contributed by atoms with Crippen molar-refractivity contribution in [3.63, 3.8) is 0 Å². The summed E-state index contributed by atoms with van der Waals surface area (Å²) < 4.78 is 0. The Hall–Kier alpha value is -4.44. The van der Waals surface area contributed by atoms with Crippen LogP contribution in [0.3, 0.4) is 0 Å². The van der Waals surface area contributed by atoms with Gasteiger partial charge in [0.2, 0.25) is 0 Å². The molecule has 2 aromatic carbocycles. The fourth-order valence-corrected chi connectivity index (χ4v) is 3.78. The Kier molecular flexibility index (Phi) is 6.83. The standard InChI is InChI=1S/C18H18N6O10/c25-17-13(21(27)28)4-11(5-14(17)22(29)30)8-19-2-1-3-20(10-19)9-12-6-15(23(31)32)18(26)16(7-12)24(33)34/h4-7,25-26H,1-3,8-10H2. The van der Waals surface area contributed by atoms with E-state index in [4.69, 9.17) is 0 Å². The van der Waals surface area contributed by atoms with Crippen LogP contribution in [0.5, 0.6) is 11.5 Å². The van der Waals surface area contributed by atoms with Gasteiger partial charge in [0.1, 0.15) is 0 Å². The van der Waals surface area contributed by atoms with Gasteiger partial charge in [0.25, 0.3) is 11.5 Å².